The predicted octanol–water partition coefficient (Wildman–Crippen LogP) is 3.55. The third-order valence-electron chi connectivity index (χ3n) is 4.61. The van der Waals surface area contributed by atoms with Crippen LogP contribution in [0.1, 0.15) is 40.0 Å². The van der Waals surface area contributed by atoms with Crippen molar-refractivity contribution in [3.05, 3.63) is 17.3 Å². The van der Waals surface area contributed by atoms with E-state index in [0.717, 1.165) is 32.4 Å². The molecule has 0 aromatic carbocycles. The minimum atomic E-state index is -0.442. The Morgan fingerprint density at radius 2 is 2.12 bits per heavy atom. The Hall–Kier alpha value is -1.56. The summed E-state index contributed by atoms with van der Waals surface area (Å²) in [4.78, 5) is 14.0. The highest BCUT2D eigenvalue weighted by Gasteiger charge is 2.50. The van der Waals surface area contributed by atoms with E-state index in [-0.39, 0.29) is 11.5 Å². The van der Waals surface area contributed by atoms with Gasteiger partial charge in [-0.15, -0.1) is 10.2 Å². The van der Waals surface area contributed by atoms with E-state index in [1.807, 2.05) is 25.7 Å². The van der Waals surface area contributed by atoms with E-state index in [0.29, 0.717) is 23.6 Å². The Kier molecular flexibility index (Phi) is 4.60. The fourth-order valence-corrected chi connectivity index (χ4v) is 3.72. The summed E-state index contributed by atoms with van der Waals surface area (Å²) in [7, 11) is 0. The Bertz CT molecular complexity index is 594. The smallest absolute Gasteiger partial charge is 0.410 e. The molecule has 1 saturated heterocycles. The van der Waals surface area contributed by atoms with Gasteiger partial charge in [-0.05, 0) is 57.4 Å². The highest BCUT2D eigenvalue weighted by atomic mass is 35.5. The van der Waals surface area contributed by atoms with Gasteiger partial charge in [-0.3, -0.25) is 0 Å². The monoisotopic (exact) mass is 353 g/mol. The lowest BCUT2D eigenvalue weighted by Crippen LogP contribution is -2.43. The number of likely N-dealkylation sites (tertiary alicyclic amines) is 1. The van der Waals surface area contributed by atoms with Crippen molar-refractivity contribution in [2.45, 2.75) is 45.6 Å². The topological polar surface area (TPSA) is 64.5 Å². The summed E-state index contributed by atoms with van der Waals surface area (Å²) >= 11 is 5.70. The van der Waals surface area contributed by atoms with Crippen molar-refractivity contribution in [3.8, 4) is 5.88 Å². The van der Waals surface area contributed by atoms with Gasteiger partial charge in [0.2, 0.25) is 5.88 Å². The van der Waals surface area contributed by atoms with Crippen molar-refractivity contribution in [3.63, 3.8) is 0 Å². The minimum Gasteiger partial charge on any atom is -0.476 e. The Labute approximate surface area is 147 Å². The second-order valence-electron chi connectivity index (χ2n) is 7.93. The van der Waals surface area contributed by atoms with Gasteiger partial charge >= 0.3 is 6.09 Å². The second-order valence-corrected chi connectivity index (χ2v) is 8.32. The molecule has 0 N–H and O–H groups in total. The molecule has 1 aromatic heterocycles. The molecule has 1 amide bonds. The number of halogens is 1. The predicted molar refractivity (Wildman–Crippen MR) is 90.1 cm³/mol. The number of nitrogens with zero attached hydrogens (tertiary/aromatic N) is 3. The van der Waals surface area contributed by atoms with Gasteiger partial charge in [0.15, 0.2) is 5.15 Å². The molecule has 6 nitrogen and oxygen atoms in total. The Morgan fingerprint density at radius 1 is 1.38 bits per heavy atom. The summed E-state index contributed by atoms with van der Waals surface area (Å²) in [6.07, 6.45) is 3.00. The lowest BCUT2D eigenvalue weighted by atomic mass is 9.62. The molecular weight excluding hydrogens is 330 g/mol. The van der Waals surface area contributed by atoms with Crippen molar-refractivity contribution in [1.29, 1.82) is 0 Å². The van der Waals surface area contributed by atoms with Gasteiger partial charge in [0.1, 0.15) is 5.60 Å². The Morgan fingerprint density at radius 3 is 2.75 bits per heavy atom. The van der Waals surface area contributed by atoms with Gasteiger partial charge < -0.3 is 14.4 Å². The van der Waals surface area contributed by atoms with Crippen LogP contribution in [-0.4, -0.2) is 46.5 Å². The van der Waals surface area contributed by atoms with Crippen LogP contribution in [0.2, 0.25) is 5.15 Å². The largest absolute Gasteiger partial charge is 0.476 e. The summed E-state index contributed by atoms with van der Waals surface area (Å²) in [6, 6.07) is 3.39. The van der Waals surface area contributed by atoms with Gasteiger partial charge in [0, 0.05) is 19.2 Å². The van der Waals surface area contributed by atoms with Gasteiger partial charge in [-0.1, -0.05) is 11.6 Å². The van der Waals surface area contributed by atoms with Crippen LogP contribution in [0.4, 0.5) is 4.79 Å². The maximum Gasteiger partial charge on any atom is 0.410 e. The maximum absolute atomic E-state index is 12.2. The molecule has 3 rings (SSSR count). The molecule has 2 fully saturated rings. The quantitative estimate of drug-likeness (QED) is 0.831. The van der Waals surface area contributed by atoms with Crippen LogP contribution in [0.15, 0.2) is 12.1 Å². The number of aromatic nitrogens is 2. The average molecular weight is 354 g/mol. The fraction of sp³-hybridized carbons (Fsp3) is 0.706. The van der Waals surface area contributed by atoms with Crippen molar-refractivity contribution in [2.24, 2.45) is 11.3 Å². The van der Waals surface area contributed by atoms with Crippen LogP contribution >= 0.6 is 11.6 Å². The first-order valence-electron chi connectivity index (χ1n) is 8.35. The zero-order chi connectivity index (χ0) is 17.4. The number of carbonyl (C=O) groups is 1. The van der Waals surface area contributed by atoms with Gasteiger partial charge in [0.05, 0.1) is 6.61 Å². The first-order valence-corrected chi connectivity index (χ1v) is 8.73. The first kappa shape index (κ1) is 17.3. The molecule has 0 unspecified atom stereocenters. The number of ether oxygens (including phenoxy) is 2. The van der Waals surface area contributed by atoms with Crippen LogP contribution in [0.3, 0.4) is 0 Å². The number of amides is 1. The first-order chi connectivity index (χ1) is 11.2. The van der Waals surface area contributed by atoms with Gasteiger partial charge in [0.25, 0.3) is 0 Å². The molecule has 24 heavy (non-hydrogen) atoms. The zero-order valence-corrected chi connectivity index (χ0v) is 15.2. The van der Waals surface area contributed by atoms with Crippen molar-refractivity contribution >= 4 is 17.7 Å². The van der Waals surface area contributed by atoms with E-state index in [4.69, 9.17) is 21.1 Å². The van der Waals surface area contributed by atoms with E-state index in [2.05, 4.69) is 10.2 Å². The van der Waals surface area contributed by atoms with Crippen molar-refractivity contribution in [2.75, 3.05) is 19.7 Å². The third-order valence-corrected chi connectivity index (χ3v) is 4.81. The summed E-state index contributed by atoms with van der Waals surface area (Å²) in [5, 5.41) is 8.02. The summed E-state index contributed by atoms with van der Waals surface area (Å²) in [5.41, 5.74) is -0.195. The third kappa shape index (κ3) is 4.09. The van der Waals surface area contributed by atoms with Crippen LogP contribution in [-0.2, 0) is 4.74 Å². The average Bonchev–Trinajstić information content (AvgIpc) is 2.89. The van der Waals surface area contributed by atoms with Crippen molar-refractivity contribution in [1.82, 2.24) is 15.1 Å². The molecule has 2 heterocycles. The molecule has 1 aliphatic carbocycles. The molecule has 1 spiro atoms. The fourth-order valence-electron chi connectivity index (χ4n) is 3.62. The van der Waals surface area contributed by atoms with E-state index < -0.39 is 5.60 Å². The molecule has 0 atom stereocenters. The lowest BCUT2D eigenvalue weighted by Gasteiger charge is -2.44. The summed E-state index contributed by atoms with van der Waals surface area (Å²) in [5.74, 6) is 1.00. The van der Waals surface area contributed by atoms with Crippen molar-refractivity contribution < 1.29 is 14.3 Å². The number of hydrogen-bond acceptors (Lipinski definition) is 5. The highest BCUT2D eigenvalue weighted by molar-refractivity contribution is 6.29. The van der Waals surface area contributed by atoms with Gasteiger partial charge in [-0.2, -0.15) is 0 Å². The van der Waals surface area contributed by atoms with Crippen LogP contribution in [0.25, 0.3) is 0 Å². The Balaban J connectivity index is 1.43. The van der Waals surface area contributed by atoms with Crippen LogP contribution < -0.4 is 4.74 Å². The summed E-state index contributed by atoms with van der Waals surface area (Å²) in [6.45, 7) is 7.89. The van der Waals surface area contributed by atoms with Crippen LogP contribution in [0.5, 0.6) is 5.88 Å². The number of hydrogen-bond donors (Lipinski definition) is 0. The SMILES string of the molecule is CC(C)(C)OC(=O)N1CCC2(CC(COc3ccc(Cl)nn3)C2)C1. The molecule has 1 saturated carbocycles. The molecule has 0 radical (unpaired) electrons. The van der Waals surface area contributed by atoms with E-state index in [1.165, 1.54) is 0 Å². The van der Waals surface area contributed by atoms with E-state index >= 15 is 0 Å². The number of carbonyl (C=O) groups excluding carboxylic acids is 1. The molecular formula is C17H24ClN3O3. The highest BCUT2D eigenvalue weighted by Crippen LogP contribution is 2.51. The second kappa shape index (κ2) is 6.39. The molecule has 2 aliphatic rings. The van der Waals surface area contributed by atoms with E-state index in [9.17, 15) is 4.79 Å². The normalized spacial score (nSPS) is 26.3. The molecule has 132 valence electrons. The molecule has 0 bridgehead atoms. The number of rotatable bonds is 3. The summed E-state index contributed by atoms with van der Waals surface area (Å²) < 4.78 is 11.1. The maximum atomic E-state index is 12.2. The standard InChI is InChI=1S/C17H24ClN3O3/c1-16(2,3)24-15(22)21-7-6-17(11-21)8-12(9-17)10-23-14-5-4-13(18)19-20-14/h4-5,12H,6-11H2,1-3H3. The lowest BCUT2D eigenvalue weighted by molar-refractivity contribution is 0.0103. The minimum absolute atomic E-state index is 0.199. The van der Waals surface area contributed by atoms with Crippen LogP contribution in [0, 0.1) is 11.3 Å². The van der Waals surface area contributed by atoms with Gasteiger partial charge in [-0.25, -0.2) is 4.79 Å². The molecule has 1 aromatic rings. The van der Waals surface area contributed by atoms with E-state index in [1.54, 1.807) is 12.1 Å². The zero-order valence-electron chi connectivity index (χ0n) is 14.4. The molecule has 1 aliphatic heterocycles. The molecule has 7 heteroatoms.